The number of methoxy groups -OCH3 is 1. The molecule has 0 unspecified atom stereocenters. The maximum atomic E-state index is 6.03. The van der Waals surface area contributed by atoms with Crippen LogP contribution in [0, 0.1) is 3.57 Å². The van der Waals surface area contributed by atoms with Gasteiger partial charge in [0, 0.05) is 22.3 Å². The van der Waals surface area contributed by atoms with E-state index in [0.717, 1.165) is 26.1 Å². The van der Waals surface area contributed by atoms with Gasteiger partial charge in [-0.05, 0) is 76.2 Å². The maximum absolute atomic E-state index is 6.03. The second-order valence-corrected chi connectivity index (χ2v) is 7.92. The van der Waals surface area contributed by atoms with Gasteiger partial charge in [-0.25, -0.2) is 0 Å². The molecule has 3 rings (SSSR count). The van der Waals surface area contributed by atoms with Crippen molar-refractivity contribution in [3.63, 3.8) is 0 Å². The van der Waals surface area contributed by atoms with Gasteiger partial charge < -0.3 is 14.8 Å². The van der Waals surface area contributed by atoms with Crippen molar-refractivity contribution in [2.75, 3.05) is 12.4 Å². The Morgan fingerprint density at radius 2 is 1.70 bits per heavy atom. The highest BCUT2D eigenvalue weighted by atomic mass is 127. The zero-order chi connectivity index (χ0) is 19.2. The lowest BCUT2D eigenvalue weighted by molar-refractivity contribution is 0.282. The van der Waals surface area contributed by atoms with Gasteiger partial charge >= 0.3 is 0 Å². The van der Waals surface area contributed by atoms with Crippen LogP contribution in [0.15, 0.2) is 60.7 Å². The Labute approximate surface area is 182 Å². The van der Waals surface area contributed by atoms with Gasteiger partial charge in [0.1, 0.15) is 6.61 Å². The van der Waals surface area contributed by atoms with Crippen LogP contribution in [0.25, 0.3) is 0 Å². The summed E-state index contributed by atoms with van der Waals surface area (Å²) in [6, 6.07) is 19.3. The van der Waals surface area contributed by atoms with E-state index in [1.807, 2.05) is 54.6 Å². The minimum Gasteiger partial charge on any atom is -0.493 e. The van der Waals surface area contributed by atoms with Crippen molar-refractivity contribution in [3.05, 3.63) is 85.4 Å². The number of rotatable bonds is 7. The highest BCUT2D eigenvalue weighted by Crippen LogP contribution is 2.35. The first kappa shape index (κ1) is 20.1. The summed E-state index contributed by atoms with van der Waals surface area (Å²) in [5.74, 6) is 1.44. The van der Waals surface area contributed by atoms with Gasteiger partial charge in [-0.1, -0.05) is 41.4 Å². The van der Waals surface area contributed by atoms with Crippen LogP contribution in [0.5, 0.6) is 11.5 Å². The molecule has 0 atom stereocenters. The minimum absolute atomic E-state index is 0.448. The number of ether oxygens (including phenoxy) is 2. The molecule has 3 aromatic carbocycles. The third-order valence-electron chi connectivity index (χ3n) is 3.91. The Bertz CT molecular complexity index is 917. The fourth-order valence-corrected chi connectivity index (χ4v) is 3.69. The summed E-state index contributed by atoms with van der Waals surface area (Å²) < 4.78 is 12.5. The summed E-state index contributed by atoms with van der Waals surface area (Å²) in [6.45, 7) is 1.10. The molecule has 0 aliphatic carbocycles. The normalized spacial score (nSPS) is 10.5. The van der Waals surface area contributed by atoms with Crippen molar-refractivity contribution in [2.24, 2.45) is 0 Å². The number of hydrogen-bond acceptors (Lipinski definition) is 3. The van der Waals surface area contributed by atoms with Crippen LogP contribution < -0.4 is 14.8 Å². The summed E-state index contributed by atoms with van der Waals surface area (Å²) >= 11 is 14.2. The largest absolute Gasteiger partial charge is 0.493 e. The fraction of sp³-hybridized carbons (Fsp3) is 0.143. The molecule has 0 aliphatic heterocycles. The molecule has 0 bridgehead atoms. The Morgan fingerprint density at radius 3 is 2.41 bits per heavy atom. The van der Waals surface area contributed by atoms with Gasteiger partial charge in [0.15, 0.2) is 11.5 Å². The van der Waals surface area contributed by atoms with Gasteiger partial charge in [0.2, 0.25) is 0 Å². The van der Waals surface area contributed by atoms with Crippen LogP contribution in [0.1, 0.15) is 11.1 Å². The molecule has 140 valence electrons. The molecule has 0 spiro atoms. The van der Waals surface area contributed by atoms with Crippen molar-refractivity contribution in [1.82, 2.24) is 0 Å². The Hall–Kier alpha value is -1.63. The zero-order valence-corrected chi connectivity index (χ0v) is 18.3. The van der Waals surface area contributed by atoms with Crippen molar-refractivity contribution in [1.29, 1.82) is 0 Å². The lowest BCUT2D eigenvalue weighted by Gasteiger charge is -2.15. The Kier molecular flexibility index (Phi) is 7.10. The van der Waals surface area contributed by atoms with E-state index in [0.29, 0.717) is 28.9 Å². The monoisotopic (exact) mass is 513 g/mol. The molecule has 0 fully saturated rings. The first-order chi connectivity index (χ1) is 13.0. The maximum Gasteiger partial charge on any atom is 0.174 e. The Balaban J connectivity index is 1.71. The number of benzene rings is 3. The van der Waals surface area contributed by atoms with Gasteiger partial charge in [0.25, 0.3) is 0 Å². The Morgan fingerprint density at radius 1 is 0.926 bits per heavy atom. The summed E-state index contributed by atoms with van der Waals surface area (Å²) in [7, 11) is 1.65. The van der Waals surface area contributed by atoms with Gasteiger partial charge in [0.05, 0.1) is 10.7 Å². The second-order valence-electron chi connectivity index (χ2n) is 5.89. The number of anilines is 1. The molecular weight excluding hydrogens is 496 g/mol. The van der Waals surface area contributed by atoms with Crippen molar-refractivity contribution in [3.8, 4) is 11.5 Å². The molecule has 0 heterocycles. The fourth-order valence-electron chi connectivity index (χ4n) is 2.55. The molecule has 0 aliphatic rings. The summed E-state index contributed by atoms with van der Waals surface area (Å²) in [4.78, 5) is 0. The molecule has 3 nitrogen and oxygen atoms in total. The summed E-state index contributed by atoms with van der Waals surface area (Å²) in [6.07, 6.45) is 0. The van der Waals surface area contributed by atoms with Crippen molar-refractivity contribution >= 4 is 51.5 Å². The number of hydrogen-bond donors (Lipinski definition) is 1. The molecule has 6 heteroatoms. The summed E-state index contributed by atoms with van der Waals surface area (Å²) in [5.41, 5.74) is 3.11. The van der Waals surface area contributed by atoms with Gasteiger partial charge in [-0.2, -0.15) is 0 Å². The van der Waals surface area contributed by atoms with Gasteiger partial charge in [-0.15, -0.1) is 0 Å². The van der Waals surface area contributed by atoms with E-state index < -0.39 is 0 Å². The smallest absolute Gasteiger partial charge is 0.174 e. The third kappa shape index (κ3) is 5.67. The molecule has 0 saturated carbocycles. The SMILES string of the molecule is COc1cc(CNc2cccc(Cl)c2)cc(I)c1OCc1ccc(Cl)cc1. The van der Waals surface area contributed by atoms with Crippen molar-refractivity contribution in [2.45, 2.75) is 13.2 Å². The molecule has 0 radical (unpaired) electrons. The lowest BCUT2D eigenvalue weighted by Crippen LogP contribution is -2.03. The second kappa shape index (κ2) is 9.53. The van der Waals surface area contributed by atoms with E-state index in [-0.39, 0.29) is 0 Å². The standard InChI is InChI=1S/C21H18Cl2INO2/c1-26-20-10-15(12-25-18-4-2-3-17(23)11-18)9-19(24)21(20)27-13-14-5-7-16(22)8-6-14/h2-11,25H,12-13H2,1H3. The van der Waals surface area contributed by atoms with E-state index in [4.69, 9.17) is 32.7 Å². The minimum atomic E-state index is 0.448. The van der Waals surface area contributed by atoms with Crippen LogP contribution >= 0.6 is 45.8 Å². The van der Waals surface area contributed by atoms with Crippen molar-refractivity contribution < 1.29 is 9.47 Å². The van der Waals surface area contributed by atoms with E-state index in [9.17, 15) is 0 Å². The number of nitrogens with one attached hydrogen (secondary N) is 1. The first-order valence-corrected chi connectivity index (χ1v) is 10.1. The first-order valence-electron chi connectivity index (χ1n) is 8.28. The van der Waals surface area contributed by atoms with Crippen LogP contribution in [0.3, 0.4) is 0 Å². The molecular formula is C21H18Cl2INO2. The van der Waals surface area contributed by atoms with Crippen LogP contribution in [-0.2, 0) is 13.2 Å². The topological polar surface area (TPSA) is 30.5 Å². The average Bonchev–Trinajstić information content (AvgIpc) is 2.66. The highest BCUT2D eigenvalue weighted by molar-refractivity contribution is 14.1. The van der Waals surface area contributed by atoms with Crippen LogP contribution in [-0.4, -0.2) is 7.11 Å². The van der Waals surface area contributed by atoms with E-state index in [1.54, 1.807) is 7.11 Å². The number of halogens is 3. The quantitative estimate of drug-likeness (QED) is 0.352. The lowest BCUT2D eigenvalue weighted by atomic mass is 10.2. The molecule has 27 heavy (non-hydrogen) atoms. The van der Waals surface area contributed by atoms with E-state index >= 15 is 0 Å². The predicted octanol–water partition coefficient (Wildman–Crippen LogP) is 6.80. The molecule has 3 aromatic rings. The third-order valence-corrected chi connectivity index (χ3v) is 5.20. The van der Waals surface area contributed by atoms with Crippen LogP contribution in [0.4, 0.5) is 5.69 Å². The predicted molar refractivity (Wildman–Crippen MR) is 120 cm³/mol. The average molecular weight is 514 g/mol. The van der Waals surface area contributed by atoms with E-state index in [2.05, 4.69) is 34.0 Å². The molecule has 0 saturated heterocycles. The highest BCUT2D eigenvalue weighted by Gasteiger charge is 2.12. The zero-order valence-electron chi connectivity index (χ0n) is 14.6. The van der Waals surface area contributed by atoms with Crippen LogP contribution in [0.2, 0.25) is 10.0 Å². The summed E-state index contributed by atoms with van der Waals surface area (Å²) in [5, 5.41) is 4.78. The molecule has 0 amide bonds. The molecule has 1 N–H and O–H groups in total. The molecule has 0 aromatic heterocycles. The van der Waals surface area contributed by atoms with Gasteiger partial charge in [-0.3, -0.25) is 0 Å². The van der Waals surface area contributed by atoms with E-state index in [1.165, 1.54) is 0 Å².